The van der Waals surface area contributed by atoms with Gasteiger partial charge < -0.3 is 4.74 Å². The minimum Gasteiger partial charge on any atom is -0.372 e. The summed E-state index contributed by atoms with van der Waals surface area (Å²) in [7, 11) is 0. The van der Waals surface area contributed by atoms with Gasteiger partial charge >= 0.3 is 0 Å². The number of alkyl halides is 2. The predicted molar refractivity (Wildman–Crippen MR) is 58.6 cm³/mol. The average Bonchev–Trinajstić information content (AvgIpc) is 2.34. The number of allylic oxidation sites excluding steroid dienone is 1. The molecule has 3 heteroatoms. The van der Waals surface area contributed by atoms with Crippen LogP contribution in [0.2, 0.25) is 0 Å². The highest BCUT2D eigenvalue weighted by Crippen LogP contribution is 2.43. The molecule has 0 unspecified atom stereocenters. The molecular weight excluding hydrogens is 251 g/mol. The van der Waals surface area contributed by atoms with Gasteiger partial charge in [0.25, 0.3) is 0 Å². The first-order valence-corrected chi connectivity index (χ1v) is 5.98. The standard InChI is InChI=1S/C10H14BrClO/c1-10(2)4-6-7(12)5-13-8(6)3-9(10)11/h4,7-9H,3,5H2,1-2H3/t7-,8-,9+/m0/s1. The summed E-state index contributed by atoms with van der Waals surface area (Å²) in [6.07, 6.45) is 3.59. The van der Waals surface area contributed by atoms with Crippen molar-refractivity contribution >= 4 is 27.5 Å². The Bertz CT molecular complexity index is 249. The largest absolute Gasteiger partial charge is 0.372 e. The molecule has 0 aromatic rings. The molecule has 0 N–H and O–H groups in total. The summed E-state index contributed by atoms with van der Waals surface area (Å²) in [5.41, 5.74) is 1.49. The minimum atomic E-state index is 0.101. The number of halogens is 2. The zero-order chi connectivity index (χ0) is 9.64. The lowest BCUT2D eigenvalue weighted by Gasteiger charge is -2.35. The molecule has 1 saturated heterocycles. The van der Waals surface area contributed by atoms with Gasteiger partial charge in [-0.25, -0.2) is 0 Å². The third kappa shape index (κ3) is 1.69. The van der Waals surface area contributed by atoms with Crippen LogP contribution in [0.4, 0.5) is 0 Å². The molecule has 3 atom stereocenters. The fourth-order valence-corrected chi connectivity index (χ4v) is 2.74. The van der Waals surface area contributed by atoms with Crippen LogP contribution in [0.25, 0.3) is 0 Å². The number of hydrogen-bond acceptors (Lipinski definition) is 1. The van der Waals surface area contributed by atoms with E-state index in [0.29, 0.717) is 11.4 Å². The molecule has 0 radical (unpaired) electrons. The maximum atomic E-state index is 6.15. The molecule has 0 saturated carbocycles. The van der Waals surface area contributed by atoms with Crippen molar-refractivity contribution in [1.29, 1.82) is 0 Å². The molecule has 1 nitrogen and oxygen atoms in total. The molecule has 0 bridgehead atoms. The molecule has 1 fully saturated rings. The van der Waals surface area contributed by atoms with Crippen LogP contribution < -0.4 is 0 Å². The van der Waals surface area contributed by atoms with E-state index in [0.717, 1.165) is 6.42 Å². The van der Waals surface area contributed by atoms with Crippen molar-refractivity contribution in [3.8, 4) is 0 Å². The topological polar surface area (TPSA) is 9.23 Å². The monoisotopic (exact) mass is 264 g/mol. The summed E-state index contributed by atoms with van der Waals surface area (Å²) in [4.78, 5) is 0.496. The molecule has 2 rings (SSSR count). The van der Waals surface area contributed by atoms with Crippen molar-refractivity contribution < 1.29 is 4.74 Å². The first kappa shape index (κ1) is 10.0. The van der Waals surface area contributed by atoms with Crippen molar-refractivity contribution in [2.45, 2.75) is 36.6 Å². The maximum absolute atomic E-state index is 6.15. The van der Waals surface area contributed by atoms with Crippen molar-refractivity contribution in [1.82, 2.24) is 0 Å². The lowest BCUT2D eigenvalue weighted by Crippen LogP contribution is -2.33. The Kier molecular flexibility index (Phi) is 2.50. The van der Waals surface area contributed by atoms with Crippen LogP contribution in [0, 0.1) is 5.41 Å². The second-order valence-corrected chi connectivity index (χ2v) is 6.09. The summed E-state index contributed by atoms with van der Waals surface area (Å²) in [5.74, 6) is 0. The fraction of sp³-hybridized carbons (Fsp3) is 0.800. The summed E-state index contributed by atoms with van der Waals surface area (Å²) in [5, 5.41) is 0.101. The van der Waals surface area contributed by atoms with Crippen LogP contribution >= 0.6 is 27.5 Å². The van der Waals surface area contributed by atoms with E-state index in [-0.39, 0.29) is 16.9 Å². The first-order valence-electron chi connectivity index (χ1n) is 4.63. The Balaban J connectivity index is 2.31. The van der Waals surface area contributed by atoms with Gasteiger partial charge in [-0.3, -0.25) is 0 Å². The van der Waals surface area contributed by atoms with Gasteiger partial charge in [0.05, 0.1) is 18.1 Å². The van der Waals surface area contributed by atoms with E-state index in [1.807, 2.05) is 0 Å². The molecular formula is C10H14BrClO. The molecule has 0 spiro atoms. The van der Waals surface area contributed by atoms with E-state index in [2.05, 4.69) is 35.9 Å². The SMILES string of the molecule is CC1(C)C=C2[C@H](C[C@H]1Br)OC[C@@H]2Cl. The molecule has 0 aromatic carbocycles. The third-order valence-corrected chi connectivity index (χ3v) is 4.88. The van der Waals surface area contributed by atoms with Gasteiger partial charge in [-0.15, -0.1) is 11.6 Å². The summed E-state index contributed by atoms with van der Waals surface area (Å²) >= 11 is 9.85. The quantitative estimate of drug-likeness (QED) is 0.483. The summed E-state index contributed by atoms with van der Waals surface area (Å²) in [6, 6.07) is 0. The van der Waals surface area contributed by atoms with Crippen molar-refractivity contribution in [3.63, 3.8) is 0 Å². The highest BCUT2D eigenvalue weighted by atomic mass is 79.9. The number of rotatable bonds is 0. The summed E-state index contributed by atoms with van der Waals surface area (Å²) in [6.45, 7) is 5.14. The van der Waals surface area contributed by atoms with Crippen LogP contribution in [0.3, 0.4) is 0 Å². The lowest BCUT2D eigenvalue weighted by molar-refractivity contribution is 0.107. The Morgan fingerprint density at radius 1 is 1.62 bits per heavy atom. The van der Waals surface area contributed by atoms with Crippen LogP contribution in [0.5, 0.6) is 0 Å². The summed E-state index contributed by atoms with van der Waals surface area (Å²) < 4.78 is 5.60. The Morgan fingerprint density at radius 2 is 2.31 bits per heavy atom. The molecule has 1 aliphatic heterocycles. The molecule has 0 aromatic heterocycles. The second-order valence-electron chi connectivity index (χ2n) is 4.46. The predicted octanol–water partition coefficient (Wildman–Crippen LogP) is 3.11. The minimum absolute atomic E-state index is 0.101. The normalized spacial score (nSPS) is 42.8. The van der Waals surface area contributed by atoms with Crippen molar-refractivity contribution in [2.24, 2.45) is 5.41 Å². The van der Waals surface area contributed by atoms with Crippen molar-refractivity contribution in [3.05, 3.63) is 11.6 Å². The van der Waals surface area contributed by atoms with Crippen molar-refractivity contribution in [2.75, 3.05) is 6.61 Å². The van der Waals surface area contributed by atoms with Crippen LogP contribution in [-0.4, -0.2) is 22.9 Å². The van der Waals surface area contributed by atoms with Gasteiger partial charge in [-0.1, -0.05) is 35.9 Å². The van der Waals surface area contributed by atoms with E-state index in [1.54, 1.807) is 0 Å². The molecule has 1 heterocycles. The molecule has 13 heavy (non-hydrogen) atoms. The van der Waals surface area contributed by atoms with E-state index in [4.69, 9.17) is 16.3 Å². The second kappa shape index (κ2) is 3.25. The molecule has 74 valence electrons. The Labute approximate surface area is 92.6 Å². The molecule has 2 aliphatic rings. The van der Waals surface area contributed by atoms with Gasteiger partial charge in [-0.2, -0.15) is 0 Å². The van der Waals surface area contributed by atoms with Gasteiger partial charge in [0.2, 0.25) is 0 Å². The Hall–Kier alpha value is 0.470. The van der Waals surface area contributed by atoms with E-state index in [1.165, 1.54) is 5.57 Å². The molecule has 1 aliphatic carbocycles. The zero-order valence-corrected chi connectivity index (χ0v) is 10.2. The van der Waals surface area contributed by atoms with Gasteiger partial charge in [-0.05, 0) is 17.4 Å². The highest BCUT2D eigenvalue weighted by Gasteiger charge is 2.40. The van der Waals surface area contributed by atoms with Gasteiger partial charge in [0.1, 0.15) is 0 Å². The smallest absolute Gasteiger partial charge is 0.0812 e. The maximum Gasteiger partial charge on any atom is 0.0812 e. The lowest BCUT2D eigenvalue weighted by atomic mass is 9.78. The van der Waals surface area contributed by atoms with Crippen LogP contribution in [0.1, 0.15) is 20.3 Å². The van der Waals surface area contributed by atoms with Crippen LogP contribution in [0.15, 0.2) is 11.6 Å². The van der Waals surface area contributed by atoms with Gasteiger partial charge in [0.15, 0.2) is 0 Å². The number of ether oxygens (including phenoxy) is 1. The van der Waals surface area contributed by atoms with E-state index in [9.17, 15) is 0 Å². The van der Waals surface area contributed by atoms with E-state index >= 15 is 0 Å². The van der Waals surface area contributed by atoms with Crippen LogP contribution in [-0.2, 0) is 4.74 Å². The average molecular weight is 266 g/mol. The molecule has 0 amide bonds. The third-order valence-electron chi connectivity index (χ3n) is 2.94. The number of fused-ring (bicyclic) bond motifs is 1. The first-order chi connectivity index (χ1) is 6.00. The number of hydrogen-bond donors (Lipinski definition) is 0. The zero-order valence-electron chi connectivity index (χ0n) is 7.89. The fourth-order valence-electron chi connectivity index (χ4n) is 1.99. The van der Waals surface area contributed by atoms with Gasteiger partial charge in [0, 0.05) is 4.83 Å². The van der Waals surface area contributed by atoms with E-state index < -0.39 is 0 Å². The highest BCUT2D eigenvalue weighted by molar-refractivity contribution is 9.09. The Morgan fingerprint density at radius 3 is 3.00 bits per heavy atom.